The van der Waals surface area contributed by atoms with Crippen molar-refractivity contribution >= 4 is 11.6 Å². The second-order valence-corrected chi connectivity index (χ2v) is 5.26. The number of hydrogen-bond donors (Lipinski definition) is 2. The van der Waals surface area contributed by atoms with E-state index in [-0.39, 0.29) is 22.7 Å². The molecular formula is C12H14F2N2O3. The lowest BCUT2D eigenvalue weighted by molar-refractivity contribution is -0.286. The Kier molecular flexibility index (Phi) is 2.80. The predicted octanol–water partition coefficient (Wildman–Crippen LogP) is 2.12. The van der Waals surface area contributed by atoms with Crippen LogP contribution in [-0.4, -0.2) is 17.7 Å². The second-order valence-electron chi connectivity index (χ2n) is 5.26. The number of fused-ring (bicyclic) bond motifs is 1. The quantitative estimate of drug-likeness (QED) is 0.768. The topological polar surface area (TPSA) is 73.6 Å². The third-order valence-corrected chi connectivity index (χ3v) is 2.31. The van der Waals surface area contributed by atoms with Gasteiger partial charge in [-0.05, 0) is 26.8 Å². The van der Waals surface area contributed by atoms with Gasteiger partial charge in [-0.3, -0.25) is 4.79 Å². The van der Waals surface area contributed by atoms with Crippen LogP contribution in [0.3, 0.4) is 0 Å². The van der Waals surface area contributed by atoms with Crippen LogP contribution in [0.4, 0.5) is 14.5 Å². The SMILES string of the molecule is CC(C)(C)NC(=O)c1cc2c(cc1N)OC(F)(F)O2. The van der Waals surface area contributed by atoms with Crippen molar-refractivity contribution in [1.29, 1.82) is 0 Å². The number of benzene rings is 1. The van der Waals surface area contributed by atoms with Gasteiger partial charge in [-0.2, -0.15) is 0 Å². The van der Waals surface area contributed by atoms with E-state index < -0.39 is 17.7 Å². The zero-order chi connectivity index (χ0) is 14.4. The number of halogens is 2. The highest BCUT2D eigenvalue weighted by atomic mass is 19.3. The molecule has 1 aromatic carbocycles. The van der Waals surface area contributed by atoms with Crippen LogP contribution in [0.15, 0.2) is 12.1 Å². The van der Waals surface area contributed by atoms with E-state index in [2.05, 4.69) is 14.8 Å². The molecule has 0 aliphatic carbocycles. The van der Waals surface area contributed by atoms with Crippen LogP contribution in [-0.2, 0) is 0 Å². The third kappa shape index (κ3) is 2.86. The maximum Gasteiger partial charge on any atom is 0.586 e. The number of hydrogen-bond acceptors (Lipinski definition) is 4. The van der Waals surface area contributed by atoms with Gasteiger partial charge in [0.05, 0.1) is 5.56 Å². The van der Waals surface area contributed by atoms with Gasteiger partial charge in [0.2, 0.25) is 0 Å². The lowest BCUT2D eigenvalue weighted by atomic mass is 10.1. The normalized spacial score (nSPS) is 16.3. The summed E-state index contributed by atoms with van der Waals surface area (Å²) >= 11 is 0. The van der Waals surface area contributed by atoms with Crippen molar-refractivity contribution < 1.29 is 23.0 Å². The number of amides is 1. The Labute approximate surface area is 108 Å². The first kappa shape index (κ1) is 13.4. The summed E-state index contributed by atoms with van der Waals surface area (Å²) in [4.78, 5) is 12.0. The fraction of sp³-hybridized carbons (Fsp3) is 0.417. The molecule has 104 valence electrons. The molecule has 1 aliphatic heterocycles. The summed E-state index contributed by atoms with van der Waals surface area (Å²) in [5, 5.41) is 2.69. The number of nitrogens with two attached hydrogens (primary N) is 1. The zero-order valence-corrected chi connectivity index (χ0v) is 10.7. The number of anilines is 1. The molecular weight excluding hydrogens is 258 g/mol. The van der Waals surface area contributed by atoms with E-state index in [1.165, 1.54) is 0 Å². The van der Waals surface area contributed by atoms with Gasteiger partial charge < -0.3 is 20.5 Å². The zero-order valence-electron chi connectivity index (χ0n) is 10.7. The smallest absolute Gasteiger partial charge is 0.398 e. The van der Waals surface area contributed by atoms with E-state index in [0.29, 0.717) is 0 Å². The van der Waals surface area contributed by atoms with Gasteiger partial charge in [0.1, 0.15) is 0 Å². The molecule has 2 rings (SSSR count). The number of carbonyl (C=O) groups excluding carboxylic acids is 1. The molecule has 0 atom stereocenters. The van der Waals surface area contributed by atoms with Crippen molar-refractivity contribution in [2.24, 2.45) is 0 Å². The molecule has 0 aromatic heterocycles. The summed E-state index contributed by atoms with van der Waals surface area (Å²) in [6.45, 7) is 5.38. The van der Waals surface area contributed by atoms with Crippen LogP contribution in [0.2, 0.25) is 0 Å². The van der Waals surface area contributed by atoms with E-state index in [1.807, 2.05) is 0 Å². The molecule has 1 aromatic rings. The first-order chi connectivity index (χ1) is 8.57. The number of nitrogens with one attached hydrogen (secondary N) is 1. The molecule has 0 saturated carbocycles. The van der Waals surface area contributed by atoms with E-state index in [9.17, 15) is 13.6 Å². The molecule has 5 nitrogen and oxygen atoms in total. The first-order valence-corrected chi connectivity index (χ1v) is 5.59. The van der Waals surface area contributed by atoms with Gasteiger partial charge in [-0.15, -0.1) is 8.78 Å². The molecule has 19 heavy (non-hydrogen) atoms. The summed E-state index contributed by atoms with van der Waals surface area (Å²) in [6, 6.07) is 2.29. The van der Waals surface area contributed by atoms with Gasteiger partial charge in [0.25, 0.3) is 5.91 Å². The van der Waals surface area contributed by atoms with Gasteiger partial charge >= 0.3 is 6.29 Å². The second kappa shape index (κ2) is 3.97. The summed E-state index contributed by atoms with van der Waals surface area (Å²) in [5.41, 5.74) is 5.30. The summed E-state index contributed by atoms with van der Waals surface area (Å²) in [6.07, 6.45) is -3.73. The number of rotatable bonds is 1. The first-order valence-electron chi connectivity index (χ1n) is 5.59. The molecule has 0 fully saturated rings. The highest BCUT2D eigenvalue weighted by Gasteiger charge is 2.44. The standard InChI is InChI=1S/C12H14F2N2O3/c1-11(2,3)16-10(17)6-4-8-9(5-7(6)15)19-12(13,14)18-8/h4-5H,15H2,1-3H3,(H,16,17). The van der Waals surface area contributed by atoms with Crippen molar-refractivity contribution in [3.8, 4) is 11.5 Å². The number of carbonyl (C=O) groups is 1. The maximum atomic E-state index is 12.9. The highest BCUT2D eigenvalue weighted by Crippen LogP contribution is 2.43. The molecule has 0 saturated heterocycles. The molecule has 7 heteroatoms. The van der Waals surface area contributed by atoms with Crippen molar-refractivity contribution in [3.05, 3.63) is 17.7 Å². The predicted molar refractivity (Wildman–Crippen MR) is 64.3 cm³/mol. The molecule has 0 spiro atoms. The average Bonchev–Trinajstić information content (AvgIpc) is 2.46. The molecule has 1 aliphatic rings. The lowest BCUT2D eigenvalue weighted by Crippen LogP contribution is -2.40. The molecule has 0 bridgehead atoms. The molecule has 1 amide bonds. The van der Waals surface area contributed by atoms with Crippen molar-refractivity contribution in [1.82, 2.24) is 5.32 Å². The van der Waals surface area contributed by atoms with Gasteiger partial charge in [0.15, 0.2) is 11.5 Å². The van der Waals surface area contributed by atoms with E-state index >= 15 is 0 Å². The minimum absolute atomic E-state index is 0.0433. The maximum absolute atomic E-state index is 12.9. The van der Waals surface area contributed by atoms with Gasteiger partial charge in [-0.1, -0.05) is 0 Å². The van der Waals surface area contributed by atoms with Crippen molar-refractivity contribution in [2.75, 3.05) is 5.73 Å². The van der Waals surface area contributed by atoms with Gasteiger partial charge in [-0.25, -0.2) is 0 Å². The number of ether oxygens (including phenoxy) is 2. The van der Waals surface area contributed by atoms with Crippen LogP contribution in [0.5, 0.6) is 11.5 Å². The summed E-state index contributed by atoms with van der Waals surface area (Å²) in [5.74, 6) is -0.861. The van der Waals surface area contributed by atoms with Crippen LogP contribution in [0, 0.1) is 0 Å². The van der Waals surface area contributed by atoms with Gasteiger partial charge in [0, 0.05) is 17.3 Å². The van der Waals surface area contributed by atoms with E-state index in [4.69, 9.17) is 5.73 Å². The molecule has 1 heterocycles. The largest absolute Gasteiger partial charge is 0.586 e. The molecule has 0 unspecified atom stereocenters. The average molecular weight is 272 g/mol. The monoisotopic (exact) mass is 272 g/mol. The Morgan fingerprint density at radius 1 is 1.26 bits per heavy atom. The Bertz CT molecular complexity index is 539. The van der Waals surface area contributed by atoms with Crippen molar-refractivity contribution in [3.63, 3.8) is 0 Å². The molecule has 0 radical (unpaired) electrons. The Morgan fingerprint density at radius 3 is 2.32 bits per heavy atom. The van der Waals surface area contributed by atoms with Crippen LogP contribution in [0.25, 0.3) is 0 Å². The number of nitrogen functional groups attached to an aromatic ring is 1. The number of alkyl halides is 2. The van der Waals surface area contributed by atoms with E-state index in [1.54, 1.807) is 20.8 Å². The van der Waals surface area contributed by atoms with E-state index in [0.717, 1.165) is 12.1 Å². The lowest BCUT2D eigenvalue weighted by Gasteiger charge is -2.21. The third-order valence-electron chi connectivity index (χ3n) is 2.31. The summed E-state index contributed by atoms with van der Waals surface area (Å²) < 4.78 is 34.3. The van der Waals surface area contributed by atoms with Crippen LogP contribution in [0.1, 0.15) is 31.1 Å². The van der Waals surface area contributed by atoms with Crippen LogP contribution >= 0.6 is 0 Å². The minimum atomic E-state index is -3.73. The van der Waals surface area contributed by atoms with Crippen LogP contribution < -0.4 is 20.5 Å². The fourth-order valence-electron chi connectivity index (χ4n) is 1.62. The Balaban J connectivity index is 2.32. The minimum Gasteiger partial charge on any atom is -0.398 e. The van der Waals surface area contributed by atoms with Crippen molar-refractivity contribution in [2.45, 2.75) is 32.6 Å². The highest BCUT2D eigenvalue weighted by molar-refractivity contribution is 6.00. The fourth-order valence-corrected chi connectivity index (χ4v) is 1.62. The Hall–Kier alpha value is -2.05. The molecule has 3 N–H and O–H groups in total. The Morgan fingerprint density at radius 2 is 1.79 bits per heavy atom. The summed E-state index contributed by atoms with van der Waals surface area (Å²) in [7, 11) is 0.